The van der Waals surface area contributed by atoms with Gasteiger partial charge in [0.1, 0.15) is 0 Å². The molecule has 1 aromatic carbocycles. The highest BCUT2D eigenvalue weighted by Crippen LogP contribution is 2.35. The predicted octanol–water partition coefficient (Wildman–Crippen LogP) is 3.54. The number of nitrogens with zero attached hydrogens (tertiary/aromatic N) is 2. The molecule has 0 bridgehead atoms. The Balaban J connectivity index is 1.34. The summed E-state index contributed by atoms with van der Waals surface area (Å²) in [7, 11) is 1.83. The van der Waals surface area contributed by atoms with Crippen LogP contribution in [0.2, 0.25) is 0 Å². The van der Waals surface area contributed by atoms with Crippen molar-refractivity contribution in [3.63, 3.8) is 0 Å². The van der Waals surface area contributed by atoms with E-state index in [0.717, 1.165) is 36.9 Å². The monoisotopic (exact) mass is 438 g/mol. The van der Waals surface area contributed by atoms with Crippen LogP contribution in [-0.4, -0.2) is 39.1 Å². The SMILES string of the molecule is Cn1ccc(C(=O)NCC(=O)Nc2nc(-c3cccc(C4CCC(O)CC4)c3)cs2)c1. The first-order valence-corrected chi connectivity index (χ1v) is 11.3. The van der Waals surface area contributed by atoms with Crippen molar-refractivity contribution in [3.8, 4) is 11.3 Å². The van der Waals surface area contributed by atoms with Gasteiger partial charge in [-0.2, -0.15) is 0 Å². The Morgan fingerprint density at radius 1 is 1.23 bits per heavy atom. The largest absolute Gasteiger partial charge is 0.393 e. The summed E-state index contributed by atoms with van der Waals surface area (Å²) in [6, 6.07) is 10.0. The molecule has 8 heteroatoms. The molecule has 3 aromatic rings. The van der Waals surface area contributed by atoms with Crippen molar-refractivity contribution < 1.29 is 14.7 Å². The molecule has 4 rings (SSSR count). The summed E-state index contributed by atoms with van der Waals surface area (Å²) in [5.74, 6) is -0.142. The summed E-state index contributed by atoms with van der Waals surface area (Å²) >= 11 is 1.36. The first kappa shape index (κ1) is 21.3. The van der Waals surface area contributed by atoms with Crippen molar-refractivity contribution in [2.75, 3.05) is 11.9 Å². The number of hydrogen-bond donors (Lipinski definition) is 3. The van der Waals surface area contributed by atoms with Crippen LogP contribution >= 0.6 is 11.3 Å². The fourth-order valence-corrected chi connectivity index (χ4v) is 4.62. The minimum Gasteiger partial charge on any atom is -0.393 e. The second kappa shape index (κ2) is 9.45. The zero-order valence-electron chi connectivity index (χ0n) is 17.4. The molecule has 162 valence electrons. The van der Waals surface area contributed by atoms with Crippen molar-refractivity contribution >= 4 is 28.3 Å². The Labute approximate surface area is 185 Å². The minimum atomic E-state index is -0.320. The number of aliphatic hydroxyl groups is 1. The van der Waals surface area contributed by atoms with Gasteiger partial charge in [0.15, 0.2) is 5.13 Å². The van der Waals surface area contributed by atoms with Gasteiger partial charge in [0.2, 0.25) is 5.91 Å². The summed E-state index contributed by atoms with van der Waals surface area (Å²) in [5.41, 5.74) is 3.61. The number of aryl methyl sites for hydroxylation is 1. The molecule has 0 saturated heterocycles. The maximum absolute atomic E-state index is 12.2. The molecular weight excluding hydrogens is 412 g/mol. The number of carbonyl (C=O) groups is 2. The van der Waals surface area contributed by atoms with E-state index in [1.54, 1.807) is 23.0 Å². The number of benzene rings is 1. The molecule has 3 N–H and O–H groups in total. The van der Waals surface area contributed by atoms with Gasteiger partial charge in [0.05, 0.1) is 23.9 Å². The lowest BCUT2D eigenvalue weighted by Crippen LogP contribution is -2.32. The van der Waals surface area contributed by atoms with Gasteiger partial charge in [-0.25, -0.2) is 4.98 Å². The Morgan fingerprint density at radius 3 is 2.77 bits per heavy atom. The van der Waals surface area contributed by atoms with E-state index in [4.69, 9.17) is 0 Å². The smallest absolute Gasteiger partial charge is 0.253 e. The lowest BCUT2D eigenvalue weighted by Gasteiger charge is -2.25. The van der Waals surface area contributed by atoms with E-state index in [1.807, 2.05) is 24.6 Å². The fourth-order valence-electron chi connectivity index (χ4n) is 3.89. The highest BCUT2D eigenvalue weighted by Gasteiger charge is 2.21. The molecule has 1 fully saturated rings. The zero-order valence-corrected chi connectivity index (χ0v) is 18.2. The molecule has 31 heavy (non-hydrogen) atoms. The molecule has 7 nitrogen and oxygen atoms in total. The molecule has 1 saturated carbocycles. The van der Waals surface area contributed by atoms with Crippen LogP contribution in [0.15, 0.2) is 48.1 Å². The van der Waals surface area contributed by atoms with Gasteiger partial charge < -0.3 is 20.3 Å². The highest BCUT2D eigenvalue weighted by molar-refractivity contribution is 7.14. The van der Waals surface area contributed by atoms with E-state index in [9.17, 15) is 14.7 Å². The number of amides is 2. The number of anilines is 1. The quantitative estimate of drug-likeness (QED) is 0.549. The van der Waals surface area contributed by atoms with Gasteiger partial charge in [0.25, 0.3) is 5.91 Å². The fraction of sp³-hybridized carbons (Fsp3) is 0.348. The van der Waals surface area contributed by atoms with E-state index >= 15 is 0 Å². The van der Waals surface area contributed by atoms with Gasteiger partial charge in [0, 0.05) is 30.4 Å². The van der Waals surface area contributed by atoms with E-state index in [0.29, 0.717) is 16.6 Å². The van der Waals surface area contributed by atoms with Crippen molar-refractivity contribution in [2.45, 2.75) is 37.7 Å². The van der Waals surface area contributed by atoms with Crippen molar-refractivity contribution in [3.05, 3.63) is 59.2 Å². The van der Waals surface area contributed by atoms with Crippen molar-refractivity contribution in [1.29, 1.82) is 0 Å². The van der Waals surface area contributed by atoms with Crippen LogP contribution in [0, 0.1) is 0 Å². The maximum atomic E-state index is 12.2. The first-order valence-electron chi connectivity index (χ1n) is 10.4. The van der Waals surface area contributed by atoms with Crippen LogP contribution in [0.5, 0.6) is 0 Å². The van der Waals surface area contributed by atoms with E-state index < -0.39 is 0 Å². The summed E-state index contributed by atoms with van der Waals surface area (Å²) < 4.78 is 1.78. The minimum absolute atomic E-state index is 0.119. The van der Waals surface area contributed by atoms with Crippen LogP contribution < -0.4 is 10.6 Å². The molecule has 0 aliphatic heterocycles. The lowest BCUT2D eigenvalue weighted by molar-refractivity contribution is -0.115. The molecule has 2 heterocycles. The zero-order chi connectivity index (χ0) is 21.8. The average Bonchev–Trinajstić information content (AvgIpc) is 3.42. The summed E-state index contributed by atoms with van der Waals surface area (Å²) in [4.78, 5) is 28.8. The number of rotatable bonds is 6. The Kier molecular flexibility index (Phi) is 6.48. The molecule has 2 aromatic heterocycles. The topological polar surface area (TPSA) is 96.3 Å². The molecular formula is C23H26N4O3S. The third-order valence-electron chi connectivity index (χ3n) is 5.60. The van der Waals surface area contributed by atoms with Gasteiger partial charge >= 0.3 is 0 Å². The second-order valence-electron chi connectivity index (χ2n) is 7.97. The van der Waals surface area contributed by atoms with Gasteiger partial charge in [-0.15, -0.1) is 11.3 Å². The normalized spacial score (nSPS) is 18.5. The van der Waals surface area contributed by atoms with Crippen LogP contribution in [-0.2, 0) is 11.8 Å². The molecule has 1 aliphatic carbocycles. The summed E-state index contributed by atoms with van der Waals surface area (Å²) in [6.45, 7) is -0.119. The number of thiazole rings is 1. The number of nitrogens with one attached hydrogen (secondary N) is 2. The molecule has 0 unspecified atom stereocenters. The number of aromatic nitrogens is 2. The van der Waals surface area contributed by atoms with Crippen molar-refractivity contribution in [2.24, 2.45) is 7.05 Å². The predicted molar refractivity (Wildman–Crippen MR) is 121 cm³/mol. The Hall–Kier alpha value is -2.97. The van der Waals surface area contributed by atoms with E-state index in [-0.39, 0.29) is 24.5 Å². The van der Waals surface area contributed by atoms with Gasteiger partial charge in [-0.05, 0) is 49.3 Å². The van der Waals surface area contributed by atoms with Crippen LogP contribution in [0.1, 0.15) is 47.5 Å². The standard InChI is InChI=1S/C23H26N4O3S/c1-27-10-9-18(13-27)22(30)24-12-21(29)26-23-25-20(14-31-23)17-4-2-3-16(11-17)15-5-7-19(28)8-6-15/h2-4,9-11,13-15,19,28H,5-8,12H2,1H3,(H,24,30)(H,25,26,29). The number of aliphatic hydroxyl groups excluding tert-OH is 1. The molecule has 2 amide bonds. The third kappa shape index (κ3) is 5.39. The maximum Gasteiger partial charge on any atom is 0.253 e. The third-order valence-corrected chi connectivity index (χ3v) is 6.36. The number of hydrogen-bond acceptors (Lipinski definition) is 5. The summed E-state index contributed by atoms with van der Waals surface area (Å²) in [5, 5.41) is 17.5. The molecule has 0 spiro atoms. The van der Waals surface area contributed by atoms with Gasteiger partial charge in [-0.3, -0.25) is 9.59 Å². The summed E-state index contributed by atoms with van der Waals surface area (Å²) in [6.07, 6.45) is 7.00. The van der Waals surface area contributed by atoms with Crippen LogP contribution in [0.25, 0.3) is 11.3 Å². The molecule has 1 aliphatic rings. The Bertz CT molecular complexity index is 1070. The van der Waals surface area contributed by atoms with Crippen LogP contribution in [0.4, 0.5) is 5.13 Å². The molecule has 0 radical (unpaired) electrons. The Morgan fingerprint density at radius 2 is 2.03 bits per heavy atom. The average molecular weight is 439 g/mol. The number of carbonyl (C=O) groups excluding carboxylic acids is 2. The van der Waals surface area contributed by atoms with Gasteiger partial charge in [-0.1, -0.05) is 18.2 Å². The first-order chi connectivity index (χ1) is 15.0. The van der Waals surface area contributed by atoms with E-state index in [1.165, 1.54) is 16.9 Å². The second-order valence-corrected chi connectivity index (χ2v) is 8.82. The lowest BCUT2D eigenvalue weighted by atomic mass is 9.82. The van der Waals surface area contributed by atoms with E-state index in [2.05, 4.69) is 27.8 Å². The molecule has 0 atom stereocenters. The van der Waals surface area contributed by atoms with Crippen LogP contribution in [0.3, 0.4) is 0 Å². The van der Waals surface area contributed by atoms with Crippen molar-refractivity contribution in [1.82, 2.24) is 14.9 Å². The highest BCUT2D eigenvalue weighted by atomic mass is 32.1.